The van der Waals surface area contributed by atoms with Crippen LogP contribution in [0.4, 0.5) is 21.1 Å². The molecule has 0 saturated carbocycles. The Balaban J connectivity index is 1.09. The van der Waals surface area contributed by atoms with Crippen molar-refractivity contribution in [3.63, 3.8) is 0 Å². The van der Waals surface area contributed by atoms with Gasteiger partial charge in [-0.2, -0.15) is 0 Å². The van der Waals surface area contributed by atoms with Crippen LogP contribution in [0.5, 0.6) is 5.75 Å². The lowest BCUT2D eigenvalue weighted by Crippen LogP contribution is -2.54. The molecule has 51 heavy (non-hydrogen) atoms. The second-order valence-electron chi connectivity index (χ2n) is 13.3. The molecule has 13 nitrogen and oxygen atoms in total. The Kier molecular flexibility index (Phi) is 10.9. The molecule has 1 atom stereocenters. The molecule has 3 aromatic rings. The van der Waals surface area contributed by atoms with Crippen molar-refractivity contribution in [1.82, 2.24) is 19.7 Å². The molecule has 0 spiro atoms. The van der Waals surface area contributed by atoms with Crippen LogP contribution in [0.3, 0.4) is 0 Å². The second kappa shape index (κ2) is 15.7. The Labute approximate surface area is 298 Å². The molecule has 0 unspecified atom stereocenters. The molecule has 6 rings (SSSR count). The highest BCUT2D eigenvalue weighted by atomic mass is 16.6. The van der Waals surface area contributed by atoms with E-state index in [1.165, 1.54) is 6.20 Å². The van der Waals surface area contributed by atoms with Gasteiger partial charge in [0.25, 0.3) is 5.91 Å². The van der Waals surface area contributed by atoms with Crippen molar-refractivity contribution < 1.29 is 33.8 Å². The average Bonchev–Trinajstić information content (AvgIpc) is 3.31. The molecule has 2 aromatic carbocycles. The summed E-state index contributed by atoms with van der Waals surface area (Å²) < 4.78 is 11.1. The van der Waals surface area contributed by atoms with E-state index in [0.29, 0.717) is 81.2 Å². The van der Waals surface area contributed by atoms with Gasteiger partial charge in [0.05, 0.1) is 12.2 Å². The van der Waals surface area contributed by atoms with Crippen LogP contribution in [-0.4, -0.2) is 113 Å². The van der Waals surface area contributed by atoms with E-state index in [4.69, 9.17) is 9.47 Å². The molecular weight excluding hydrogens is 652 g/mol. The van der Waals surface area contributed by atoms with Crippen LogP contribution in [0, 0.1) is 13.8 Å². The first-order valence-corrected chi connectivity index (χ1v) is 17.7. The van der Waals surface area contributed by atoms with E-state index in [9.17, 15) is 24.3 Å². The van der Waals surface area contributed by atoms with Crippen molar-refractivity contribution in [3.05, 3.63) is 82.5 Å². The predicted octanol–water partition coefficient (Wildman–Crippen LogP) is 4.53. The number of aryl methyl sites for hydroxylation is 2. The number of anilines is 2. The van der Waals surface area contributed by atoms with Gasteiger partial charge in [0.2, 0.25) is 0 Å². The monoisotopic (exact) mass is 698 g/mol. The highest BCUT2D eigenvalue weighted by Gasteiger charge is 2.35. The van der Waals surface area contributed by atoms with Gasteiger partial charge >= 0.3 is 18.1 Å². The zero-order valence-corrected chi connectivity index (χ0v) is 29.5. The number of urea groups is 1. The average molecular weight is 699 g/mol. The van der Waals surface area contributed by atoms with Crippen molar-refractivity contribution in [3.8, 4) is 5.75 Å². The first kappa shape index (κ1) is 35.5. The van der Waals surface area contributed by atoms with E-state index in [2.05, 4.69) is 10.3 Å². The summed E-state index contributed by atoms with van der Waals surface area (Å²) in [6, 6.07) is 14.8. The number of aromatic nitrogens is 1. The van der Waals surface area contributed by atoms with Gasteiger partial charge in [0, 0.05) is 70.2 Å². The van der Waals surface area contributed by atoms with Crippen LogP contribution in [0.25, 0.3) is 0 Å². The van der Waals surface area contributed by atoms with Crippen LogP contribution in [-0.2, 0) is 27.1 Å². The van der Waals surface area contributed by atoms with Crippen molar-refractivity contribution >= 4 is 35.5 Å². The SMILES string of the molecule is CCOC(=O)c1ccc(N2CCN(C(=O)[C@@H](Cc3cc(C)c(O)c(C)c3)OC(=O)N3CCC(N4CCc5ccccc5NC4=O)CC3)CC2)nc1. The van der Waals surface area contributed by atoms with Crippen LogP contribution in [0.2, 0.25) is 0 Å². The van der Waals surface area contributed by atoms with Gasteiger partial charge < -0.3 is 39.5 Å². The van der Waals surface area contributed by atoms with E-state index < -0.39 is 18.2 Å². The van der Waals surface area contributed by atoms with Crippen molar-refractivity contribution in [2.45, 2.75) is 58.6 Å². The van der Waals surface area contributed by atoms with Crippen LogP contribution < -0.4 is 10.2 Å². The summed E-state index contributed by atoms with van der Waals surface area (Å²) >= 11 is 0. The minimum Gasteiger partial charge on any atom is -0.507 e. The zero-order valence-electron chi connectivity index (χ0n) is 29.5. The third-order valence-corrected chi connectivity index (χ3v) is 9.97. The minimum absolute atomic E-state index is 0.0177. The van der Waals surface area contributed by atoms with Gasteiger partial charge in [-0.25, -0.2) is 19.4 Å². The highest BCUT2D eigenvalue weighted by Crippen LogP contribution is 2.27. The Morgan fingerprint density at radius 3 is 2.31 bits per heavy atom. The number of nitrogens with one attached hydrogen (secondary N) is 1. The second-order valence-corrected chi connectivity index (χ2v) is 13.3. The van der Waals surface area contributed by atoms with Crippen molar-refractivity contribution in [1.29, 1.82) is 0 Å². The minimum atomic E-state index is -1.07. The summed E-state index contributed by atoms with van der Waals surface area (Å²) in [5.74, 6) is 0.182. The number of para-hydroxylation sites is 1. The maximum Gasteiger partial charge on any atom is 0.410 e. The molecule has 2 saturated heterocycles. The van der Waals surface area contributed by atoms with Gasteiger partial charge in [-0.15, -0.1) is 0 Å². The van der Waals surface area contributed by atoms with Gasteiger partial charge in [-0.1, -0.05) is 30.3 Å². The molecule has 0 radical (unpaired) electrons. The summed E-state index contributed by atoms with van der Waals surface area (Å²) in [6.07, 6.45) is 1.98. The number of esters is 1. The number of phenolic OH excluding ortho intramolecular Hbond substituents is 1. The normalized spacial score (nSPS) is 17.3. The molecule has 3 aliphatic rings. The van der Waals surface area contributed by atoms with E-state index in [1.807, 2.05) is 46.2 Å². The maximum absolute atomic E-state index is 14.0. The van der Waals surface area contributed by atoms with E-state index in [-0.39, 0.29) is 36.8 Å². The smallest absolute Gasteiger partial charge is 0.410 e. The number of piperazine rings is 1. The van der Waals surface area contributed by atoms with Gasteiger partial charge in [0.1, 0.15) is 11.6 Å². The van der Waals surface area contributed by atoms with Gasteiger partial charge in [-0.3, -0.25) is 4.79 Å². The lowest BCUT2D eigenvalue weighted by Gasteiger charge is -2.39. The molecule has 0 bridgehead atoms. The number of piperidine rings is 1. The third-order valence-electron chi connectivity index (χ3n) is 9.97. The molecule has 270 valence electrons. The topological polar surface area (TPSA) is 145 Å². The number of hydrogen-bond donors (Lipinski definition) is 2. The fourth-order valence-electron chi connectivity index (χ4n) is 7.12. The number of aromatic hydroxyl groups is 1. The Morgan fingerprint density at radius 2 is 1.65 bits per heavy atom. The molecular formula is C38H46N6O7. The summed E-state index contributed by atoms with van der Waals surface area (Å²) in [5.41, 5.74) is 4.46. The molecule has 3 aliphatic heterocycles. The standard InChI is InChI=1S/C38H46N6O7/c1-4-50-36(47)29-9-10-33(39-24-29)41-17-19-42(20-18-41)35(46)32(23-27-21-25(2)34(45)26(3)22-27)51-38(49)43-14-12-30(13-15-43)44-16-11-28-7-5-6-8-31(28)40-37(44)48/h5-10,21-22,24,30,32,45H,4,11-20,23H2,1-3H3,(H,40,48)/t32-/m1/s1. The van der Waals surface area contributed by atoms with Gasteiger partial charge in [-0.05, 0) is 80.5 Å². The Hall–Kier alpha value is -5.33. The van der Waals surface area contributed by atoms with E-state index in [0.717, 1.165) is 23.2 Å². The number of carbonyl (C=O) groups is 4. The number of pyridine rings is 1. The number of nitrogens with zero attached hydrogens (tertiary/aromatic N) is 5. The largest absolute Gasteiger partial charge is 0.507 e. The number of likely N-dealkylation sites (tertiary alicyclic amines) is 1. The summed E-state index contributed by atoms with van der Waals surface area (Å²) in [4.78, 5) is 64.5. The quantitative estimate of drug-likeness (QED) is 0.324. The van der Waals surface area contributed by atoms with Crippen LogP contribution in [0.1, 0.15) is 52.4 Å². The molecule has 2 N–H and O–H groups in total. The summed E-state index contributed by atoms with van der Waals surface area (Å²) in [7, 11) is 0. The number of benzene rings is 2. The predicted molar refractivity (Wildman–Crippen MR) is 191 cm³/mol. The first-order valence-electron chi connectivity index (χ1n) is 17.7. The lowest BCUT2D eigenvalue weighted by atomic mass is 10.0. The number of ether oxygens (including phenoxy) is 2. The van der Waals surface area contributed by atoms with Crippen molar-refractivity contribution in [2.75, 3.05) is 62.6 Å². The third kappa shape index (κ3) is 8.19. The first-order chi connectivity index (χ1) is 24.6. The summed E-state index contributed by atoms with van der Waals surface area (Å²) in [5, 5.41) is 13.4. The number of phenols is 1. The van der Waals surface area contributed by atoms with Crippen molar-refractivity contribution in [2.24, 2.45) is 0 Å². The van der Waals surface area contributed by atoms with E-state index in [1.54, 1.807) is 42.7 Å². The zero-order chi connectivity index (χ0) is 36.1. The molecule has 2 fully saturated rings. The molecule has 4 amide bonds. The number of fused-ring (bicyclic) bond motifs is 1. The van der Waals surface area contributed by atoms with E-state index >= 15 is 0 Å². The Morgan fingerprint density at radius 1 is 0.941 bits per heavy atom. The molecule has 1 aromatic heterocycles. The maximum atomic E-state index is 14.0. The number of hydrogen-bond acceptors (Lipinski definition) is 9. The molecule has 13 heteroatoms. The highest BCUT2D eigenvalue weighted by molar-refractivity contribution is 5.91. The number of carbonyl (C=O) groups excluding carboxylic acids is 4. The fraction of sp³-hybridized carbons (Fsp3) is 0.447. The fourth-order valence-corrected chi connectivity index (χ4v) is 7.12. The number of rotatable bonds is 8. The Bertz CT molecular complexity index is 1730. The molecule has 0 aliphatic carbocycles. The number of amides is 4. The van der Waals surface area contributed by atoms with Crippen LogP contribution in [0.15, 0.2) is 54.7 Å². The lowest BCUT2D eigenvalue weighted by molar-refractivity contribution is -0.141. The van der Waals surface area contributed by atoms with Crippen LogP contribution >= 0.6 is 0 Å². The molecule has 4 heterocycles. The summed E-state index contributed by atoms with van der Waals surface area (Å²) in [6.45, 7) is 8.86. The van der Waals surface area contributed by atoms with Gasteiger partial charge in [0.15, 0.2) is 6.10 Å².